The standard InChI is InChI=1S/C62H72N8O12/c1-39(2)58(65-55(71)13-9-7-10-28-68-56(72)26-27-57(68)73)62(75)63-40(3)61(74)64-47-20-14-41(15-21-47)43-18-24-49-45(31-43)33-66-37-53(59(79-5)51(66)35-69(49)76)81-29-11-8-12-30-82-54-38-67-34-46-32-44(42-16-22-48(78-4)23-17-42)19-25-50(46)70(77)36-52(67)60(54)80-6/h14-27,35-40,45-46,58H,7-13,28-34H2,1-6H3,(H,63,75)(H,64,74)(H,65,71). The van der Waals surface area contributed by atoms with Crippen LogP contribution in [0.15, 0.2) is 109 Å². The Kier molecular flexibility index (Phi) is 18.5. The highest BCUT2D eigenvalue weighted by Gasteiger charge is 2.35. The van der Waals surface area contributed by atoms with Gasteiger partial charge in [0.1, 0.15) is 17.8 Å². The highest BCUT2D eigenvalue weighted by Crippen LogP contribution is 2.41. The van der Waals surface area contributed by atoms with Gasteiger partial charge in [0.25, 0.3) is 11.8 Å². The number of benzene rings is 2. The van der Waals surface area contributed by atoms with Crippen LogP contribution in [0.1, 0.15) is 101 Å². The molecule has 3 N–H and O–H groups in total. The molecule has 0 saturated carbocycles. The highest BCUT2D eigenvalue weighted by molar-refractivity contribution is 6.12. The minimum Gasteiger partial charge on any atom is -0.618 e. The fourth-order valence-corrected chi connectivity index (χ4v) is 11.0. The van der Waals surface area contributed by atoms with E-state index in [4.69, 9.17) is 23.7 Å². The lowest BCUT2D eigenvalue weighted by molar-refractivity contribution is -0.404. The van der Waals surface area contributed by atoms with Crippen molar-refractivity contribution in [3.05, 3.63) is 142 Å². The van der Waals surface area contributed by atoms with Crippen molar-refractivity contribution >= 4 is 58.8 Å². The topological polar surface area (TPSA) is 233 Å². The molecule has 0 spiro atoms. The van der Waals surface area contributed by atoms with Gasteiger partial charge in [-0.05, 0) is 104 Å². The van der Waals surface area contributed by atoms with Crippen molar-refractivity contribution in [2.24, 2.45) is 17.8 Å². The molecule has 0 saturated heterocycles. The van der Waals surface area contributed by atoms with Gasteiger partial charge in [-0.2, -0.15) is 9.48 Å². The second-order valence-corrected chi connectivity index (χ2v) is 21.5. The monoisotopic (exact) mass is 1120 g/mol. The number of aromatic nitrogens is 2. The van der Waals surface area contributed by atoms with E-state index >= 15 is 0 Å². The summed E-state index contributed by atoms with van der Waals surface area (Å²) in [6.07, 6.45) is 22.6. The van der Waals surface area contributed by atoms with Crippen molar-refractivity contribution in [1.82, 2.24) is 24.7 Å². The first kappa shape index (κ1) is 57.9. The van der Waals surface area contributed by atoms with E-state index in [1.54, 1.807) is 46.6 Å². The number of amides is 5. The van der Waals surface area contributed by atoms with Crippen LogP contribution in [0.4, 0.5) is 5.69 Å². The zero-order chi connectivity index (χ0) is 58.0. The van der Waals surface area contributed by atoms with Crippen LogP contribution in [-0.4, -0.2) is 119 Å². The molecule has 2 aromatic carbocycles. The van der Waals surface area contributed by atoms with Gasteiger partial charge < -0.3 is 59.2 Å². The molecular formula is C62H72N8O12. The molecule has 5 aliphatic rings. The predicted molar refractivity (Wildman–Crippen MR) is 309 cm³/mol. The molecule has 3 aliphatic heterocycles. The van der Waals surface area contributed by atoms with Gasteiger partial charge in [-0.25, -0.2) is 0 Å². The fourth-order valence-electron chi connectivity index (χ4n) is 11.0. The number of unbranched alkanes of at least 4 members (excludes halogenated alkanes) is 4. The normalized spacial score (nSPS) is 17.9. The average Bonchev–Trinajstić information content (AvgIpc) is 4.09. The molecule has 4 unspecified atom stereocenters. The number of hydrogen-bond acceptors (Lipinski definition) is 12. The van der Waals surface area contributed by atoms with E-state index in [0.29, 0.717) is 110 Å². The van der Waals surface area contributed by atoms with Crippen LogP contribution in [0.3, 0.4) is 0 Å². The van der Waals surface area contributed by atoms with Crippen LogP contribution >= 0.6 is 0 Å². The minimum atomic E-state index is -0.910. The number of imide groups is 1. The van der Waals surface area contributed by atoms with Crippen molar-refractivity contribution in [3.8, 4) is 28.7 Å². The third-order valence-corrected chi connectivity index (χ3v) is 15.5. The Labute approximate surface area is 477 Å². The number of carbonyl (C=O) groups excluding carboxylic acids is 5. The Morgan fingerprint density at radius 2 is 1.15 bits per heavy atom. The first-order valence-corrected chi connectivity index (χ1v) is 28.1. The Morgan fingerprint density at radius 3 is 1.65 bits per heavy atom. The average molecular weight is 1120 g/mol. The van der Waals surface area contributed by atoms with Gasteiger partial charge in [0.05, 0.1) is 58.8 Å². The van der Waals surface area contributed by atoms with Gasteiger partial charge in [-0.3, -0.25) is 28.9 Å². The molecule has 4 aromatic rings. The minimum absolute atomic E-state index is 0.0387. The van der Waals surface area contributed by atoms with E-state index in [2.05, 4.69) is 16.0 Å². The Bertz CT molecular complexity index is 3270. The van der Waals surface area contributed by atoms with Gasteiger partial charge in [0.2, 0.25) is 30.2 Å². The van der Waals surface area contributed by atoms with Crippen molar-refractivity contribution in [1.29, 1.82) is 0 Å². The van der Waals surface area contributed by atoms with Gasteiger partial charge >= 0.3 is 0 Å². The summed E-state index contributed by atoms with van der Waals surface area (Å²) in [7, 11) is 4.80. The third-order valence-electron chi connectivity index (χ3n) is 15.5. The number of carbonyl (C=O) groups is 5. The van der Waals surface area contributed by atoms with Gasteiger partial charge in [0.15, 0.2) is 45.8 Å². The molecule has 82 heavy (non-hydrogen) atoms. The zero-order valence-electron chi connectivity index (χ0n) is 47.3. The van der Waals surface area contributed by atoms with Crippen LogP contribution in [0.5, 0.6) is 28.7 Å². The zero-order valence-corrected chi connectivity index (χ0v) is 47.3. The van der Waals surface area contributed by atoms with Crippen LogP contribution in [0.2, 0.25) is 0 Å². The van der Waals surface area contributed by atoms with E-state index in [9.17, 15) is 34.4 Å². The van der Waals surface area contributed by atoms with Crippen LogP contribution in [-0.2, 0) is 37.1 Å². The van der Waals surface area contributed by atoms with Crippen molar-refractivity contribution < 1.29 is 57.1 Å². The molecule has 2 aromatic heterocycles. The Hall–Kier alpha value is -8.81. The molecule has 0 fully saturated rings. The number of anilines is 1. The molecule has 5 amide bonds. The number of hydrogen-bond donors (Lipinski definition) is 3. The van der Waals surface area contributed by atoms with Crippen molar-refractivity contribution in [2.45, 2.75) is 104 Å². The molecule has 432 valence electrons. The summed E-state index contributed by atoms with van der Waals surface area (Å²) in [4.78, 5) is 64.1. The van der Waals surface area contributed by atoms with Gasteiger partial charge in [-0.15, -0.1) is 0 Å². The molecule has 0 bridgehead atoms. The summed E-state index contributed by atoms with van der Waals surface area (Å²) in [6, 6.07) is 13.6. The number of allylic oxidation sites excluding steroid dienone is 8. The maximum atomic E-state index is 13.7. The molecule has 4 atom stereocenters. The van der Waals surface area contributed by atoms with E-state index in [-0.39, 0.29) is 48.4 Å². The number of nitrogens with zero attached hydrogens (tertiary/aromatic N) is 5. The lowest BCUT2D eigenvalue weighted by Gasteiger charge is -2.24. The van der Waals surface area contributed by atoms with E-state index in [0.717, 1.165) is 56.8 Å². The maximum Gasteiger partial charge on any atom is 0.253 e. The second-order valence-electron chi connectivity index (χ2n) is 21.5. The van der Waals surface area contributed by atoms with Crippen LogP contribution < -0.4 is 39.6 Å². The van der Waals surface area contributed by atoms with E-state index in [1.165, 1.54) is 23.3 Å². The van der Waals surface area contributed by atoms with Crippen LogP contribution in [0, 0.1) is 28.2 Å². The first-order chi connectivity index (χ1) is 39.6. The van der Waals surface area contributed by atoms with Crippen LogP contribution in [0.25, 0.3) is 11.1 Å². The van der Waals surface area contributed by atoms with Crippen molar-refractivity contribution in [3.63, 3.8) is 0 Å². The number of fused-ring (bicyclic) bond motifs is 4. The number of ether oxygens (including phenoxy) is 5. The van der Waals surface area contributed by atoms with Gasteiger partial charge in [-0.1, -0.05) is 56.7 Å². The fraction of sp³-hybridized carbons (Fsp3) is 0.403. The SMILES string of the molecule is COc1ccc(C2=CC=C3C(C2)Cn2cc(OCCCCCOc4cn5c(c4OC)C=[N+]([O-])C4=CC=C(c6ccc(NC(=O)C(C)NC(=O)C(NC(=O)CCCCCN7C(=O)C=CC7=O)C(C)C)cc6)CC4C5)c(OC)c2C=[N+]3[O-])cc1. The highest BCUT2D eigenvalue weighted by atomic mass is 16.5. The molecule has 2 aliphatic carbocycles. The molecule has 5 heterocycles. The Balaban J connectivity index is 0.715. The smallest absolute Gasteiger partial charge is 0.253 e. The number of hydroxylamine groups is 2. The molecule has 0 radical (unpaired) electrons. The third kappa shape index (κ3) is 13.3. The largest absolute Gasteiger partial charge is 0.618 e. The molecule has 20 nitrogen and oxygen atoms in total. The molecule has 20 heteroatoms. The second kappa shape index (κ2) is 26.2. The molecular weight excluding hydrogens is 1050 g/mol. The van der Waals surface area contributed by atoms with Gasteiger partial charge in [0, 0.05) is 56.0 Å². The summed E-state index contributed by atoms with van der Waals surface area (Å²) in [5.74, 6) is 0.603. The first-order valence-electron chi connectivity index (χ1n) is 28.1. The van der Waals surface area contributed by atoms with E-state index in [1.807, 2.05) is 96.1 Å². The summed E-state index contributed by atoms with van der Waals surface area (Å²) < 4.78 is 35.4. The Morgan fingerprint density at radius 1 is 0.634 bits per heavy atom. The predicted octanol–water partition coefficient (Wildman–Crippen LogP) is 7.87. The summed E-state index contributed by atoms with van der Waals surface area (Å²) in [5, 5.41) is 35.5. The number of nitrogens with one attached hydrogen (secondary N) is 3. The summed E-state index contributed by atoms with van der Waals surface area (Å²) >= 11 is 0. The van der Waals surface area contributed by atoms with Crippen molar-refractivity contribution in [2.75, 3.05) is 46.4 Å². The van der Waals surface area contributed by atoms with E-state index < -0.39 is 23.9 Å². The lowest BCUT2D eigenvalue weighted by Crippen LogP contribution is -2.53. The number of methoxy groups -OCH3 is 3. The summed E-state index contributed by atoms with van der Waals surface area (Å²) in [5.41, 5.74) is 7.33. The number of rotatable bonds is 25. The lowest BCUT2D eigenvalue weighted by atomic mass is 9.87. The quantitative estimate of drug-likeness (QED) is 0.0249. The maximum absolute atomic E-state index is 13.7. The summed E-state index contributed by atoms with van der Waals surface area (Å²) in [6.45, 7) is 7.44. The molecule has 9 rings (SSSR count).